The number of hydrogen-bond donors (Lipinski definition) is 16. The second-order valence-corrected chi connectivity index (χ2v) is 25.7. The first-order chi connectivity index (χ1) is 44.9. The average molecular weight is 1320 g/mol. The maximum absolute atomic E-state index is 14.9. The molecule has 7 rings (SSSR count). The lowest BCUT2D eigenvalue weighted by atomic mass is 9.91. The number of phenolic OH excluding ortho intramolecular Hbond substituents is 1. The van der Waals surface area contributed by atoms with E-state index in [4.69, 9.17) is 10.5 Å². The summed E-state index contributed by atoms with van der Waals surface area (Å²) in [6.45, 7) is 6.21. The van der Waals surface area contributed by atoms with Crippen molar-refractivity contribution in [2.75, 3.05) is 39.3 Å². The molecule has 8 amide bonds. The number of nitrogens with two attached hydrogens (primary N) is 1. The van der Waals surface area contributed by atoms with Crippen molar-refractivity contribution in [3.63, 3.8) is 0 Å². The van der Waals surface area contributed by atoms with Gasteiger partial charge in [-0.25, -0.2) is 4.79 Å². The molecule has 27 nitrogen and oxygen atoms in total. The van der Waals surface area contributed by atoms with E-state index in [1.807, 2.05) is 48.5 Å². The smallest absolute Gasteiger partial charge is 0.407 e. The molecular weight excluding hydrogens is 1220 g/mol. The third-order valence-electron chi connectivity index (χ3n) is 18.5. The fourth-order valence-electron chi connectivity index (χ4n) is 13.1. The van der Waals surface area contributed by atoms with Crippen molar-refractivity contribution in [2.24, 2.45) is 17.6 Å². The Bertz CT molecular complexity index is 2990. The molecule has 3 aromatic rings. The van der Waals surface area contributed by atoms with E-state index in [0.29, 0.717) is 24.7 Å². The third-order valence-corrected chi connectivity index (χ3v) is 18.5. The van der Waals surface area contributed by atoms with Gasteiger partial charge < -0.3 is 93.0 Å². The molecule has 4 aliphatic rings. The monoisotopic (exact) mass is 1310 g/mol. The van der Waals surface area contributed by atoms with Crippen LogP contribution in [0.3, 0.4) is 0 Å². The number of nitrogens with one attached hydrogen (secondary N) is 7. The molecule has 3 saturated heterocycles. The maximum Gasteiger partial charge on any atom is 0.407 e. The molecule has 3 aromatic carbocycles. The van der Waals surface area contributed by atoms with Crippen LogP contribution >= 0.6 is 0 Å². The molecule has 16 atom stereocenters. The number of amides is 8. The number of aromatic hydroxyl groups is 1. The molecule has 3 fully saturated rings. The molecular formula is C67H98N10O17. The van der Waals surface area contributed by atoms with Gasteiger partial charge in [0, 0.05) is 51.4 Å². The van der Waals surface area contributed by atoms with E-state index in [1.54, 1.807) is 0 Å². The molecule has 518 valence electrons. The Kier molecular flexibility index (Phi) is 27.9. The number of phenols is 1. The summed E-state index contributed by atoms with van der Waals surface area (Å²) in [6, 6.07) is 8.75. The van der Waals surface area contributed by atoms with Crippen LogP contribution in [-0.2, 0) is 38.3 Å². The number of carbonyl (C=O) groups is 8. The second-order valence-electron chi connectivity index (χ2n) is 25.7. The van der Waals surface area contributed by atoms with Gasteiger partial charge >= 0.3 is 6.09 Å². The van der Waals surface area contributed by atoms with Crippen LogP contribution in [0.1, 0.15) is 146 Å². The van der Waals surface area contributed by atoms with E-state index in [1.165, 1.54) is 18.6 Å². The van der Waals surface area contributed by atoms with Gasteiger partial charge in [0.2, 0.25) is 41.4 Å². The van der Waals surface area contributed by atoms with Crippen LogP contribution in [0.5, 0.6) is 5.75 Å². The average Bonchev–Trinajstić information content (AvgIpc) is 1.61. The van der Waals surface area contributed by atoms with Gasteiger partial charge in [0.15, 0.2) is 0 Å². The highest BCUT2D eigenvalue weighted by atomic mass is 16.5. The summed E-state index contributed by atoms with van der Waals surface area (Å²) in [5.41, 5.74) is 9.74. The van der Waals surface area contributed by atoms with Gasteiger partial charge in [-0.05, 0) is 90.9 Å². The first-order valence-electron chi connectivity index (χ1n) is 33.1. The van der Waals surface area contributed by atoms with E-state index in [2.05, 4.69) is 58.0 Å². The van der Waals surface area contributed by atoms with Crippen molar-refractivity contribution in [1.82, 2.24) is 47.0 Å². The van der Waals surface area contributed by atoms with Crippen LogP contribution in [0.25, 0.3) is 11.1 Å². The molecule has 0 radical (unpaired) electrons. The fraction of sp³-hybridized carbons (Fsp3) is 0.612. The van der Waals surface area contributed by atoms with E-state index in [9.17, 15) is 79.2 Å². The topological polar surface area (TPSA) is 424 Å². The molecule has 94 heavy (non-hydrogen) atoms. The third kappa shape index (κ3) is 19.6. The number of unbranched alkanes of at least 4 members (excludes halogenated alkanes) is 5. The molecule has 16 unspecified atom stereocenters. The highest BCUT2D eigenvalue weighted by molar-refractivity contribution is 5.98. The van der Waals surface area contributed by atoms with Gasteiger partial charge in [0.1, 0.15) is 67.0 Å². The molecule has 3 aliphatic heterocycles. The summed E-state index contributed by atoms with van der Waals surface area (Å²) < 4.78 is 5.71. The minimum Gasteiger partial charge on any atom is -0.508 e. The van der Waals surface area contributed by atoms with Crippen molar-refractivity contribution >= 4 is 47.4 Å². The normalized spacial score (nSPS) is 26.0. The quantitative estimate of drug-likeness (QED) is 0.0480. The zero-order valence-electron chi connectivity index (χ0n) is 54.1. The summed E-state index contributed by atoms with van der Waals surface area (Å²) in [5, 5.41) is 109. The van der Waals surface area contributed by atoms with Gasteiger partial charge in [-0.1, -0.05) is 126 Å². The minimum atomic E-state index is -2.31. The molecule has 0 bridgehead atoms. The van der Waals surface area contributed by atoms with E-state index in [-0.39, 0.29) is 69.3 Å². The Hall–Kier alpha value is -7.34. The Morgan fingerprint density at radius 2 is 1.30 bits per heavy atom. The zero-order chi connectivity index (χ0) is 68.3. The number of fused-ring (bicyclic) bond motifs is 5. The first kappa shape index (κ1) is 74.1. The van der Waals surface area contributed by atoms with Crippen LogP contribution in [-0.4, -0.2) is 216 Å². The molecule has 3 heterocycles. The zero-order valence-corrected chi connectivity index (χ0v) is 54.1. The number of rotatable bonds is 26. The van der Waals surface area contributed by atoms with Gasteiger partial charge in [0.05, 0.1) is 30.5 Å². The predicted molar refractivity (Wildman–Crippen MR) is 344 cm³/mol. The molecule has 27 heteroatoms. The number of ether oxygens (including phenoxy) is 1. The number of nitrogens with zero attached hydrogens (tertiary/aromatic N) is 2. The fourth-order valence-corrected chi connectivity index (χ4v) is 13.1. The number of aliphatic hydroxyl groups is 7. The summed E-state index contributed by atoms with van der Waals surface area (Å²) in [6.07, 6.45) is -8.84. The highest BCUT2D eigenvalue weighted by Crippen LogP contribution is 2.44. The number of alkyl carbamates (subject to hydrolysis) is 1. The minimum absolute atomic E-state index is 0.0194. The van der Waals surface area contributed by atoms with Gasteiger partial charge in [0.25, 0.3) is 0 Å². The Morgan fingerprint density at radius 1 is 0.681 bits per heavy atom. The molecule has 1 aliphatic carbocycles. The van der Waals surface area contributed by atoms with Crippen molar-refractivity contribution in [3.8, 4) is 16.9 Å². The van der Waals surface area contributed by atoms with Crippen LogP contribution in [0.15, 0.2) is 72.8 Å². The summed E-state index contributed by atoms with van der Waals surface area (Å²) in [5.74, 6) is -7.04. The lowest BCUT2D eigenvalue weighted by molar-refractivity contribution is -0.148. The first-order valence-corrected chi connectivity index (χ1v) is 33.1. The number of hydrogen-bond acceptors (Lipinski definition) is 19. The lowest BCUT2D eigenvalue weighted by Crippen LogP contribution is -2.65. The molecule has 0 spiro atoms. The number of aliphatic hydroxyl groups excluding tert-OH is 7. The maximum atomic E-state index is 14.9. The molecule has 0 saturated carbocycles. The Morgan fingerprint density at radius 3 is 1.95 bits per heavy atom. The van der Waals surface area contributed by atoms with Crippen molar-refractivity contribution in [1.29, 1.82) is 0 Å². The Labute approximate surface area is 548 Å². The van der Waals surface area contributed by atoms with Crippen LogP contribution in [0.4, 0.5) is 4.79 Å². The van der Waals surface area contributed by atoms with Crippen molar-refractivity contribution in [3.05, 3.63) is 89.5 Å². The lowest BCUT2D eigenvalue weighted by Gasteiger charge is -2.35. The summed E-state index contributed by atoms with van der Waals surface area (Å²) in [7, 11) is 0. The van der Waals surface area contributed by atoms with Gasteiger partial charge in [-0.2, -0.15) is 0 Å². The summed E-state index contributed by atoms with van der Waals surface area (Å²) in [4.78, 5) is 117. The number of carbonyl (C=O) groups excluding carboxylic acids is 8. The van der Waals surface area contributed by atoms with Crippen LogP contribution in [0.2, 0.25) is 0 Å². The largest absolute Gasteiger partial charge is 0.508 e. The summed E-state index contributed by atoms with van der Waals surface area (Å²) >= 11 is 0. The number of benzene rings is 3. The van der Waals surface area contributed by atoms with E-state index in [0.717, 1.165) is 89.6 Å². The highest BCUT2D eigenvalue weighted by Gasteiger charge is 2.49. The molecule has 0 aromatic heterocycles. The van der Waals surface area contributed by atoms with Crippen LogP contribution in [0, 0.1) is 11.8 Å². The second kappa shape index (κ2) is 35.4. The van der Waals surface area contributed by atoms with Crippen LogP contribution < -0.4 is 43.0 Å². The Balaban J connectivity index is 1.18. The SMILES string of the molecule is CCC(C)CC(C)CCCCCCCCC(=O)NC1CC(O)C(NCCNC(=O)OCC2c3ccccc3-c3ccccc32)NC(=O)C2C(O)CCN2C(=O)C(C(O)CCN)NC(=O)C(C(O)C(O)c2ccc(O)cc2)NC(=O)C2CC(O)CN2C(=O)C(C(C)O)NC1=O. The predicted octanol–water partition coefficient (Wildman–Crippen LogP) is 0.268. The van der Waals surface area contributed by atoms with E-state index < -0.39 is 152 Å². The van der Waals surface area contributed by atoms with Gasteiger partial charge in [-0.3, -0.25) is 38.9 Å². The van der Waals surface area contributed by atoms with E-state index >= 15 is 0 Å². The standard InChI is InChI=1S/C67H98N10O17/c1-5-37(2)32-38(3)16-10-8-6-7-9-11-21-53(84)71-48-34-52(83)60(69-29-30-70-67(93)94-36-47-45-19-14-12-17-43(45)44-18-13-15-20-46(44)47)75-64(90)57-51(82)27-31-76(57)66(92)55(50(81)26-28-68)73-63(89)56(59(86)58(85)40-22-24-41(79)25-23-40)74-62(88)49-33-42(80)35-77(49)65(91)54(39(4)78)72-61(48)87/h12-15,17-20,22-25,37-39,42,47-52,54-60,69,78-83,85-86H,5-11,16,21,26-36,68H2,1-4H3,(H,70,93)(H,71,84)(H,72,87)(H,73,89)(H,74,88)(H,75,90). The van der Waals surface area contributed by atoms with Gasteiger partial charge in [-0.15, -0.1) is 0 Å². The van der Waals surface area contributed by atoms with Crippen molar-refractivity contribution in [2.45, 2.75) is 209 Å². The molecule has 17 N–H and O–H groups in total. The van der Waals surface area contributed by atoms with Crippen molar-refractivity contribution < 1.29 is 83.9 Å².